The molecule has 4 heteroatoms. The van der Waals surface area contributed by atoms with Gasteiger partial charge in [-0.05, 0) is 13.3 Å². The van der Waals surface area contributed by atoms with Crippen molar-refractivity contribution in [1.82, 2.24) is 14.6 Å². The molecule has 0 aliphatic heterocycles. The fourth-order valence-electron chi connectivity index (χ4n) is 1.56. The lowest BCUT2D eigenvalue weighted by Crippen LogP contribution is -1.92. The van der Waals surface area contributed by atoms with Gasteiger partial charge in [0.15, 0.2) is 5.65 Å². The van der Waals surface area contributed by atoms with Crippen LogP contribution < -0.4 is 0 Å². The van der Waals surface area contributed by atoms with Crippen LogP contribution in [-0.2, 0) is 6.42 Å². The minimum absolute atomic E-state index is 0.530. The van der Waals surface area contributed by atoms with Crippen LogP contribution in [-0.4, -0.2) is 14.6 Å². The number of hydrogen-bond donors (Lipinski definition) is 0. The van der Waals surface area contributed by atoms with E-state index in [9.17, 15) is 0 Å². The third-order valence-corrected chi connectivity index (χ3v) is 2.25. The van der Waals surface area contributed by atoms with Crippen molar-refractivity contribution in [3.63, 3.8) is 0 Å². The van der Waals surface area contributed by atoms with E-state index in [1.54, 1.807) is 16.9 Å². The lowest BCUT2D eigenvalue weighted by molar-refractivity contribution is 0.913. The first-order valence-corrected chi connectivity index (χ1v) is 4.50. The van der Waals surface area contributed by atoms with Gasteiger partial charge in [-0.25, -0.2) is 9.50 Å². The maximum absolute atomic E-state index is 8.70. The van der Waals surface area contributed by atoms with Crippen LogP contribution in [0.4, 0.5) is 0 Å². The summed E-state index contributed by atoms with van der Waals surface area (Å²) in [6.07, 6.45) is 4.19. The summed E-state index contributed by atoms with van der Waals surface area (Å²) in [7, 11) is 0. The summed E-state index contributed by atoms with van der Waals surface area (Å²) in [5.74, 6) is 0. The van der Waals surface area contributed by atoms with E-state index in [1.807, 2.05) is 13.0 Å². The van der Waals surface area contributed by atoms with E-state index in [0.29, 0.717) is 5.56 Å². The highest BCUT2D eigenvalue weighted by atomic mass is 15.2. The van der Waals surface area contributed by atoms with Crippen molar-refractivity contribution in [2.24, 2.45) is 0 Å². The summed E-state index contributed by atoms with van der Waals surface area (Å²) in [4.78, 5) is 4.22. The van der Waals surface area contributed by atoms with Gasteiger partial charge in [0.05, 0.1) is 17.5 Å². The first-order chi connectivity index (χ1) is 6.76. The van der Waals surface area contributed by atoms with Crippen molar-refractivity contribution in [3.05, 3.63) is 29.2 Å². The fraction of sp³-hybridized carbons (Fsp3) is 0.300. The Morgan fingerprint density at radius 2 is 2.36 bits per heavy atom. The average Bonchev–Trinajstić information content (AvgIpc) is 2.51. The summed E-state index contributed by atoms with van der Waals surface area (Å²) < 4.78 is 1.67. The van der Waals surface area contributed by atoms with Gasteiger partial charge in [0.1, 0.15) is 6.07 Å². The Kier molecular flexibility index (Phi) is 1.93. The Hall–Kier alpha value is -1.89. The number of aryl methyl sites for hydroxylation is 2. The number of nitriles is 1. The molecule has 70 valence electrons. The second-order valence-corrected chi connectivity index (χ2v) is 3.14. The first kappa shape index (κ1) is 8.70. The van der Waals surface area contributed by atoms with Crippen LogP contribution in [0.1, 0.15) is 23.7 Å². The smallest absolute Gasteiger partial charge is 0.158 e. The van der Waals surface area contributed by atoms with Gasteiger partial charge < -0.3 is 0 Å². The minimum Gasteiger partial charge on any atom is -0.235 e. The highest BCUT2D eigenvalue weighted by Gasteiger charge is 2.08. The molecule has 0 aliphatic rings. The monoisotopic (exact) mass is 186 g/mol. The van der Waals surface area contributed by atoms with Gasteiger partial charge in [-0.1, -0.05) is 6.92 Å². The second-order valence-electron chi connectivity index (χ2n) is 3.14. The number of hydrogen-bond acceptors (Lipinski definition) is 3. The van der Waals surface area contributed by atoms with Gasteiger partial charge in [0, 0.05) is 11.8 Å². The van der Waals surface area contributed by atoms with E-state index in [2.05, 4.69) is 17.0 Å². The van der Waals surface area contributed by atoms with Crippen molar-refractivity contribution in [3.8, 4) is 6.07 Å². The van der Waals surface area contributed by atoms with Crippen molar-refractivity contribution < 1.29 is 0 Å². The van der Waals surface area contributed by atoms with E-state index in [-0.39, 0.29) is 0 Å². The van der Waals surface area contributed by atoms with Gasteiger partial charge >= 0.3 is 0 Å². The van der Waals surface area contributed by atoms with Crippen molar-refractivity contribution >= 4 is 5.65 Å². The molecule has 0 unspecified atom stereocenters. The summed E-state index contributed by atoms with van der Waals surface area (Å²) in [5, 5.41) is 13.0. The summed E-state index contributed by atoms with van der Waals surface area (Å²) in [6.45, 7) is 4.03. The third-order valence-electron chi connectivity index (χ3n) is 2.25. The molecule has 4 nitrogen and oxygen atoms in total. The lowest BCUT2D eigenvalue weighted by atomic mass is 10.2. The molecule has 0 spiro atoms. The van der Waals surface area contributed by atoms with Crippen LogP contribution >= 0.6 is 0 Å². The second kappa shape index (κ2) is 3.11. The Morgan fingerprint density at radius 1 is 1.57 bits per heavy atom. The molecule has 2 heterocycles. The van der Waals surface area contributed by atoms with Crippen LogP contribution in [0.15, 0.2) is 12.4 Å². The zero-order valence-electron chi connectivity index (χ0n) is 8.15. The molecule has 0 aromatic carbocycles. The minimum atomic E-state index is 0.530. The molecule has 0 fully saturated rings. The molecule has 14 heavy (non-hydrogen) atoms. The van der Waals surface area contributed by atoms with E-state index < -0.39 is 0 Å². The molecule has 0 atom stereocenters. The number of rotatable bonds is 1. The SMILES string of the molecule is CCc1c(C)nn2cc(C#N)cnc12. The Labute approximate surface area is 81.8 Å². The molecular weight excluding hydrogens is 176 g/mol. The quantitative estimate of drug-likeness (QED) is 0.677. The zero-order chi connectivity index (χ0) is 10.1. The Bertz CT molecular complexity index is 519. The van der Waals surface area contributed by atoms with Gasteiger partial charge in [-0.15, -0.1) is 0 Å². The highest BCUT2D eigenvalue weighted by molar-refractivity contribution is 5.50. The molecule has 0 radical (unpaired) electrons. The van der Waals surface area contributed by atoms with Crippen molar-refractivity contribution in [2.75, 3.05) is 0 Å². The molecule has 2 aromatic heterocycles. The summed E-state index contributed by atoms with van der Waals surface area (Å²) in [6, 6.07) is 2.04. The van der Waals surface area contributed by atoms with Crippen LogP contribution in [0.25, 0.3) is 5.65 Å². The molecule has 2 rings (SSSR count). The molecule has 0 saturated carbocycles. The topological polar surface area (TPSA) is 54.0 Å². The Balaban J connectivity index is 2.76. The first-order valence-electron chi connectivity index (χ1n) is 4.50. The van der Waals surface area contributed by atoms with E-state index >= 15 is 0 Å². The predicted molar refractivity (Wildman–Crippen MR) is 51.8 cm³/mol. The van der Waals surface area contributed by atoms with Crippen LogP contribution in [0.2, 0.25) is 0 Å². The summed E-state index contributed by atoms with van der Waals surface area (Å²) in [5.41, 5.74) is 3.51. The maximum Gasteiger partial charge on any atom is 0.158 e. The largest absolute Gasteiger partial charge is 0.235 e. The average molecular weight is 186 g/mol. The van der Waals surface area contributed by atoms with Gasteiger partial charge in [0.25, 0.3) is 0 Å². The van der Waals surface area contributed by atoms with E-state index in [4.69, 9.17) is 5.26 Å². The van der Waals surface area contributed by atoms with Gasteiger partial charge in [-0.3, -0.25) is 0 Å². The van der Waals surface area contributed by atoms with Gasteiger partial charge in [-0.2, -0.15) is 10.4 Å². The maximum atomic E-state index is 8.70. The normalized spacial score (nSPS) is 10.4. The molecule has 0 N–H and O–H groups in total. The third kappa shape index (κ3) is 1.14. The molecule has 2 aromatic rings. The molecule has 0 aliphatic carbocycles. The zero-order valence-corrected chi connectivity index (χ0v) is 8.15. The molecule has 0 saturated heterocycles. The number of fused-ring (bicyclic) bond motifs is 1. The summed E-state index contributed by atoms with van der Waals surface area (Å²) >= 11 is 0. The lowest BCUT2D eigenvalue weighted by Gasteiger charge is -1.94. The molecule has 0 amide bonds. The number of nitrogens with zero attached hydrogens (tertiary/aromatic N) is 4. The standard InChI is InChI=1S/C10H10N4/c1-3-9-7(2)13-14-6-8(4-11)5-12-10(9)14/h5-6H,3H2,1-2H3. The molecule has 0 bridgehead atoms. The number of aromatic nitrogens is 3. The highest BCUT2D eigenvalue weighted by Crippen LogP contribution is 2.13. The molecular formula is C10H10N4. The van der Waals surface area contributed by atoms with Crippen molar-refractivity contribution in [2.45, 2.75) is 20.3 Å². The van der Waals surface area contributed by atoms with Crippen LogP contribution in [0.5, 0.6) is 0 Å². The predicted octanol–water partition coefficient (Wildman–Crippen LogP) is 1.47. The van der Waals surface area contributed by atoms with Gasteiger partial charge in [0.2, 0.25) is 0 Å². The van der Waals surface area contributed by atoms with E-state index in [1.165, 1.54) is 0 Å². The van der Waals surface area contributed by atoms with Crippen LogP contribution in [0, 0.1) is 18.3 Å². The fourth-order valence-corrected chi connectivity index (χ4v) is 1.56. The van der Waals surface area contributed by atoms with Crippen molar-refractivity contribution in [1.29, 1.82) is 5.26 Å². The van der Waals surface area contributed by atoms with Crippen LogP contribution in [0.3, 0.4) is 0 Å². The van der Waals surface area contributed by atoms with E-state index in [0.717, 1.165) is 23.3 Å². The Morgan fingerprint density at radius 3 is 3.00 bits per heavy atom.